The number of thiophene rings is 1. The van der Waals surface area contributed by atoms with Gasteiger partial charge in [0.05, 0.1) is 16.2 Å². The number of para-hydroxylation sites is 1. The van der Waals surface area contributed by atoms with Gasteiger partial charge in [-0.15, -0.1) is 11.3 Å². The van der Waals surface area contributed by atoms with Gasteiger partial charge < -0.3 is 10.4 Å². The van der Waals surface area contributed by atoms with Crippen molar-refractivity contribution in [2.75, 3.05) is 0 Å². The number of aliphatic imine (C=N–C) groups is 1. The first-order valence-corrected chi connectivity index (χ1v) is 7.98. The molecular formula is C15H10N2O3S2. The molecule has 5 nitrogen and oxygen atoms in total. The van der Waals surface area contributed by atoms with E-state index in [0.717, 1.165) is 4.88 Å². The van der Waals surface area contributed by atoms with Gasteiger partial charge in [0, 0.05) is 4.88 Å². The third-order valence-electron chi connectivity index (χ3n) is 2.82. The van der Waals surface area contributed by atoms with Gasteiger partial charge in [-0.05, 0) is 41.4 Å². The third-order valence-corrected chi connectivity index (χ3v) is 4.55. The molecule has 3 rings (SSSR count). The predicted octanol–water partition coefficient (Wildman–Crippen LogP) is 3.34. The number of carboxylic acids is 1. The van der Waals surface area contributed by atoms with Crippen LogP contribution >= 0.6 is 23.1 Å². The van der Waals surface area contributed by atoms with Crippen LogP contribution in [0, 0.1) is 0 Å². The molecule has 1 amide bonds. The number of carbonyl (C=O) groups is 2. The Morgan fingerprint density at radius 2 is 2.05 bits per heavy atom. The van der Waals surface area contributed by atoms with Gasteiger partial charge in [0.25, 0.3) is 5.91 Å². The van der Waals surface area contributed by atoms with Crippen LogP contribution in [0.4, 0.5) is 5.69 Å². The van der Waals surface area contributed by atoms with Crippen molar-refractivity contribution in [1.29, 1.82) is 0 Å². The minimum atomic E-state index is -1.05. The van der Waals surface area contributed by atoms with Crippen molar-refractivity contribution in [2.45, 2.75) is 0 Å². The van der Waals surface area contributed by atoms with E-state index in [1.165, 1.54) is 29.2 Å². The molecule has 0 spiro atoms. The fourth-order valence-corrected chi connectivity index (χ4v) is 3.40. The van der Waals surface area contributed by atoms with Crippen LogP contribution < -0.4 is 5.32 Å². The van der Waals surface area contributed by atoms with Crippen LogP contribution in [0.5, 0.6) is 0 Å². The van der Waals surface area contributed by atoms with Crippen LogP contribution in [-0.4, -0.2) is 22.2 Å². The standard InChI is InChI=1S/C15H10N2O3S2/c18-13-12(8-9-4-3-7-21-9)22-15(17-13)16-11-6-2-1-5-10(11)14(19)20/h1-8H,(H,19,20)(H,16,17,18)/b12-8+. The van der Waals surface area contributed by atoms with E-state index in [1.54, 1.807) is 24.3 Å². The SMILES string of the molecule is O=C1NC(=Nc2ccccc2C(=O)O)S/C1=C/c1cccs1. The first-order chi connectivity index (χ1) is 10.6. The Hall–Kier alpha value is -2.38. The lowest BCUT2D eigenvalue weighted by Gasteiger charge is -2.00. The number of hydrogen-bond donors (Lipinski definition) is 2. The average Bonchev–Trinajstić information content (AvgIpc) is 3.10. The highest BCUT2D eigenvalue weighted by Crippen LogP contribution is 2.29. The van der Waals surface area contributed by atoms with Crippen LogP contribution in [-0.2, 0) is 4.79 Å². The highest BCUT2D eigenvalue weighted by molar-refractivity contribution is 8.18. The molecule has 22 heavy (non-hydrogen) atoms. The number of thioether (sulfide) groups is 1. The fraction of sp³-hybridized carbons (Fsp3) is 0. The van der Waals surface area contributed by atoms with E-state index < -0.39 is 5.97 Å². The van der Waals surface area contributed by atoms with Crippen LogP contribution in [0.15, 0.2) is 51.7 Å². The molecule has 0 atom stereocenters. The summed E-state index contributed by atoms with van der Waals surface area (Å²) in [7, 11) is 0. The molecule has 1 saturated heterocycles. The van der Waals surface area contributed by atoms with Gasteiger partial charge in [-0.2, -0.15) is 0 Å². The summed E-state index contributed by atoms with van der Waals surface area (Å²) < 4.78 is 0. The minimum Gasteiger partial charge on any atom is -0.478 e. The lowest BCUT2D eigenvalue weighted by atomic mass is 10.2. The second-order valence-corrected chi connectivity index (χ2v) is 6.33. The van der Waals surface area contributed by atoms with E-state index in [9.17, 15) is 9.59 Å². The van der Waals surface area contributed by atoms with Gasteiger partial charge in [0.15, 0.2) is 5.17 Å². The van der Waals surface area contributed by atoms with Crippen molar-refractivity contribution >= 4 is 51.9 Å². The highest BCUT2D eigenvalue weighted by Gasteiger charge is 2.24. The van der Waals surface area contributed by atoms with Gasteiger partial charge in [-0.25, -0.2) is 9.79 Å². The van der Waals surface area contributed by atoms with E-state index in [2.05, 4.69) is 10.3 Å². The number of rotatable bonds is 3. The zero-order chi connectivity index (χ0) is 15.5. The Labute approximate surface area is 134 Å². The van der Waals surface area contributed by atoms with Gasteiger partial charge in [0.1, 0.15) is 0 Å². The van der Waals surface area contributed by atoms with E-state index in [-0.39, 0.29) is 11.5 Å². The molecule has 0 unspecified atom stereocenters. The van der Waals surface area contributed by atoms with Gasteiger partial charge in [0.2, 0.25) is 0 Å². The first-order valence-electron chi connectivity index (χ1n) is 6.29. The van der Waals surface area contributed by atoms with Crippen molar-refractivity contribution in [3.05, 3.63) is 57.1 Å². The summed E-state index contributed by atoms with van der Waals surface area (Å²) in [6.45, 7) is 0. The molecule has 0 radical (unpaired) electrons. The number of amides is 1. The summed E-state index contributed by atoms with van der Waals surface area (Å²) in [6, 6.07) is 10.2. The maximum absolute atomic E-state index is 11.9. The molecule has 1 aliphatic rings. The molecule has 2 N–H and O–H groups in total. The molecule has 1 aromatic carbocycles. The summed E-state index contributed by atoms with van der Waals surface area (Å²) in [6.07, 6.45) is 1.79. The molecule has 1 aromatic heterocycles. The molecule has 110 valence electrons. The maximum Gasteiger partial charge on any atom is 0.337 e. The van der Waals surface area contributed by atoms with Crippen LogP contribution in [0.3, 0.4) is 0 Å². The number of nitrogens with one attached hydrogen (secondary N) is 1. The topological polar surface area (TPSA) is 78.8 Å². The zero-order valence-electron chi connectivity index (χ0n) is 11.1. The molecule has 1 aliphatic heterocycles. The highest BCUT2D eigenvalue weighted by atomic mass is 32.2. The Bertz CT molecular complexity index is 795. The third kappa shape index (κ3) is 3.10. The van der Waals surface area contributed by atoms with Crippen LogP contribution in [0.25, 0.3) is 6.08 Å². The second-order valence-electron chi connectivity index (χ2n) is 4.32. The Kier molecular flexibility index (Phi) is 4.08. The quantitative estimate of drug-likeness (QED) is 0.846. The average molecular weight is 330 g/mol. The van der Waals surface area contributed by atoms with Gasteiger partial charge >= 0.3 is 5.97 Å². The molecule has 1 fully saturated rings. The smallest absolute Gasteiger partial charge is 0.337 e. The number of nitrogens with zero attached hydrogens (tertiary/aromatic N) is 1. The number of aromatic carboxylic acids is 1. The molecule has 7 heteroatoms. The number of benzene rings is 1. The molecule has 2 heterocycles. The molecule has 2 aromatic rings. The van der Waals surface area contributed by atoms with Crippen molar-refractivity contribution < 1.29 is 14.7 Å². The number of carbonyl (C=O) groups excluding carboxylic acids is 1. The summed E-state index contributed by atoms with van der Waals surface area (Å²) in [5.74, 6) is -1.28. The first kappa shape index (κ1) is 14.6. The monoisotopic (exact) mass is 330 g/mol. The molecule has 0 aliphatic carbocycles. The fourth-order valence-electron chi connectivity index (χ4n) is 1.84. The largest absolute Gasteiger partial charge is 0.478 e. The van der Waals surface area contributed by atoms with Crippen molar-refractivity contribution in [3.63, 3.8) is 0 Å². The summed E-state index contributed by atoms with van der Waals surface area (Å²) >= 11 is 2.73. The lowest BCUT2D eigenvalue weighted by molar-refractivity contribution is -0.115. The summed E-state index contributed by atoms with van der Waals surface area (Å²) in [5.41, 5.74) is 0.413. The summed E-state index contributed by atoms with van der Waals surface area (Å²) in [4.78, 5) is 28.8. The van der Waals surface area contributed by atoms with E-state index in [4.69, 9.17) is 5.11 Å². The van der Waals surface area contributed by atoms with Crippen molar-refractivity contribution in [3.8, 4) is 0 Å². The van der Waals surface area contributed by atoms with E-state index in [1.807, 2.05) is 17.5 Å². The second kappa shape index (κ2) is 6.17. The number of amidine groups is 1. The molecular weight excluding hydrogens is 320 g/mol. The Balaban J connectivity index is 1.89. The van der Waals surface area contributed by atoms with E-state index >= 15 is 0 Å². The molecule has 0 saturated carbocycles. The predicted molar refractivity (Wildman–Crippen MR) is 88.5 cm³/mol. The lowest BCUT2D eigenvalue weighted by Crippen LogP contribution is -2.19. The van der Waals surface area contributed by atoms with Gasteiger partial charge in [-0.3, -0.25) is 4.79 Å². The Morgan fingerprint density at radius 1 is 1.23 bits per heavy atom. The van der Waals surface area contributed by atoms with E-state index in [0.29, 0.717) is 15.8 Å². The van der Waals surface area contributed by atoms with Crippen LogP contribution in [0.1, 0.15) is 15.2 Å². The molecule has 0 bridgehead atoms. The summed E-state index contributed by atoms with van der Waals surface area (Å²) in [5, 5.41) is 14.1. The maximum atomic E-state index is 11.9. The van der Waals surface area contributed by atoms with Gasteiger partial charge in [-0.1, -0.05) is 18.2 Å². The number of hydrogen-bond acceptors (Lipinski definition) is 5. The number of carboxylic acid groups (broad SMARTS) is 1. The minimum absolute atomic E-state index is 0.0977. The normalized spacial score (nSPS) is 17.9. The van der Waals surface area contributed by atoms with Crippen molar-refractivity contribution in [1.82, 2.24) is 5.32 Å². The van der Waals surface area contributed by atoms with Crippen LogP contribution in [0.2, 0.25) is 0 Å². The zero-order valence-corrected chi connectivity index (χ0v) is 12.8. The Morgan fingerprint density at radius 3 is 2.77 bits per heavy atom. The van der Waals surface area contributed by atoms with Crippen molar-refractivity contribution in [2.24, 2.45) is 4.99 Å².